The molecule has 7 heteroatoms. The van der Waals surface area contributed by atoms with Gasteiger partial charge < -0.3 is 15.5 Å². The minimum Gasteiger partial charge on any atom is -0.322 e. The van der Waals surface area contributed by atoms with E-state index in [-0.39, 0.29) is 24.9 Å². The molecule has 0 saturated carbocycles. The summed E-state index contributed by atoms with van der Waals surface area (Å²) >= 11 is 7.64. The van der Waals surface area contributed by atoms with Gasteiger partial charge in [-0.1, -0.05) is 29.8 Å². The van der Waals surface area contributed by atoms with E-state index in [1.54, 1.807) is 23.9 Å². The highest BCUT2D eigenvalue weighted by molar-refractivity contribution is 7.98. The number of carbonyl (C=O) groups excluding carboxylic acids is 2. The van der Waals surface area contributed by atoms with Crippen LogP contribution < -0.4 is 15.5 Å². The van der Waals surface area contributed by atoms with Crippen LogP contribution >= 0.6 is 23.4 Å². The summed E-state index contributed by atoms with van der Waals surface area (Å²) < 4.78 is 0. The number of hydrogen-bond donors (Lipinski definition) is 3. The Balaban J connectivity index is 1.85. The molecule has 0 aromatic heterocycles. The third-order valence-electron chi connectivity index (χ3n) is 3.76. The maximum absolute atomic E-state index is 12.2. The van der Waals surface area contributed by atoms with E-state index >= 15 is 0 Å². The van der Waals surface area contributed by atoms with E-state index in [2.05, 4.69) is 10.6 Å². The lowest BCUT2D eigenvalue weighted by molar-refractivity contribution is -0.862. The molecular formula is C19H23ClN3O2S+. The highest BCUT2D eigenvalue weighted by Crippen LogP contribution is 2.24. The molecule has 0 radical (unpaired) electrons. The minimum absolute atomic E-state index is 0.129. The van der Waals surface area contributed by atoms with E-state index in [0.29, 0.717) is 10.7 Å². The number of nitrogens with one attached hydrogen (secondary N) is 3. The number of hydrogen-bond acceptors (Lipinski definition) is 3. The van der Waals surface area contributed by atoms with E-state index in [9.17, 15) is 9.59 Å². The highest BCUT2D eigenvalue weighted by atomic mass is 35.5. The number of benzene rings is 2. The maximum Gasteiger partial charge on any atom is 0.279 e. The van der Waals surface area contributed by atoms with Gasteiger partial charge >= 0.3 is 0 Å². The van der Waals surface area contributed by atoms with Crippen LogP contribution in [-0.2, 0) is 9.59 Å². The molecule has 2 amide bonds. The standard InChI is InChI=1S/C19H22ClN3O2S/c1-13-8-9-14(10-15(13)20)21-18(24)11-23(2)12-19(25)22-16-6-4-5-7-17(16)26-3/h4-10H,11-12H2,1-3H3,(H,21,24)(H,22,25)/p+1. The first-order valence-corrected chi connectivity index (χ1v) is 9.79. The van der Waals surface area contributed by atoms with Crippen molar-refractivity contribution in [3.63, 3.8) is 0 Å². The van der Waals surface area contributed by atoms with E-state index in [1.165, 1.54) is 0 Å². The number of aryl methyl sites for hydroxylation is 1. The molecular weight excluding hydrogens is 370 g/mol. The monoisotopic (exact) mass is 392 g/mol. The highest BCUT2D eigenvalue weighted by Gasteiger charge is 2.15. The Hall–Kier alpha value is -2.02. The molecule has 0 heterocycles. The van der Waals surface area contributed by atoms with E-state index in [0.717, 1.165) is 21.0 Å². The topological polar surface area (TPSA) is 62.6 Å². The Bertz CT molecular complexity index is 798. The Labute approximate surface area is 163 Å². The molecule has 0 aliphatic heterocycles. The van der Waals surface area contributed by atoms with Crippen molar-refractivity contribution in [2.24, 2.45) is 0 Å². The van der Waals surface area contributed by atoms with Crippen molar-refractivity contribution in [3.05, 3.63) is 53.1 Å². The summed E-state index contributed by atoms with van der Waals surface area (Å²) in [7, 11) is 1.81. The van der Waals surface area contributed by atoms with Crippen LogP contribution in [0.1, 0.15) is 5.56 Å². The fourth-order valence-corrected chi connectivity index (χ4v) is 3.16. The van der Waals surface area contributed by atoms with Crippen molar-refractivity contribution in [2.45, 2.75) is 11.8 Å². The maximum atomic E-state index is 12.2. The van der Waals surface area contributed by atoms with Gasteiger partial charge in [0.05, 0.1) is 12.7 Å². The van der Waals surface area contributed by atoms with Gasteiger partial charge in [0.1, 0.15) is 0 Å². The third kappa shape index (κ3) is 6.05. The van der Waals surface area contributed by atoms with Gasteiger partial charge in [-0.3, -0.25) is 9.59 Å². The summed E-state index contributed by atoms with van der Waals surface area (Å²) in [4.78, 5) is 26.2. The predicted octanol–water partition coefficient (Wildman–Crippen LogP) is 2.46. The lowest BCUT2D eigenvalue weighted by atomic mass is 10.2. The largest absolute Gasteiger partial charge is 0.322 e. The van der Waals surface area contributed by atoms with Crippen LogP contribution in [0.5, 0.6) is 0 Å². The van der Waals surface area contributed by atoms with Crippen molar-refractivity contribution >= 4 is 46.6 Å². The average molecular weight is 393 g/mol. The number of amides is 2. The Morgan fingerprint density at radius 1 is 1.08 bits per heavy atom. The molecule has 138 valence electrons. The summed E-state index contributed by atoms with van der Waals surface area (Å²) in [5, 5.41) is 6.31. The van der Waals surface area contributed by atoms with Crippen LogP contribution in [0.25, 0.3) is 0 Å². The quantitative estimate of drug-likeness (QED) is 0.634. The first kappa shape index (κ1) is 20.3. The number of rotatable bonds is 7. The van der Waals surface area contributed by atoms with Crippen molar-refractivity contribution in [2.75, 3.05) is 37.0 Å². The number of carbonyl (C=O) groups is 2. The number of quaternary nitrogens is 1. The summed E-state index contributed by atoms with van der Waals surface area (Å²) in [6.45, 7) is 2.29. The second-order valence-electron chi connectivity index (χ2n) is 6.07. The summed E-state index contributed by atoms with van der Waals surface area (Å²) in [6, 6.07) is 13.0. The summed E-state index contributed by atoms with van der Waals surface area (Å²) in [5.74, 6) is -0.296. The summed E-state index contributed by atoms with van der Waals surface area (Å²) in [5.41, 5.74) is 2.39. The van der Waals surface area contributed by atoms with Crippen LogP contribution in [0.2, 0.25) is 5.02 Å². The molecule has 2 aromatic carbocycles. The minimum atomic E-state index is -0.167. The van der Waals surface area contributed by atoms with Gasteiger partial charge in [-0.2, -0.15) is 0 Å². The average Bonchev–Trinajstić information content (AvgIpc) is 2.58. The van der Waals surface area contributed by atoms with E-state index < -0.39 is 0 Å². The molecule has 0 spiro atoms. The van der Waals surface area contributed by atoms with Crippen LogP contribution in [-0.4, -0.2) is 38.2 Å². The van der Waals surface area contributed by atoms with Crippen LogP contribution in [0.15, 0.2) is 47.4 Å². The molecule has 1 atom stereocenters. The molecule has 3 N–H and O–H groups in total. The van der Waals surface area contributed by atoms with Crippen molar-refractivity contribution < 1.29 is 14.5 Å². The fourth-order valence-electron chi connectivity index (χ4n) is 2.43. The van der Waals surface area contributed by atoms with Crippen molar-refractivity contribution in [1.29, 1.82) is 0 Å². The molecule has 0 saturated heterocycles. The number of thioether (sulfide) groups is 1. The molecule has 5 nitrogen and oxygen atoms in total. The molecule has 2 aromatic rings. The van der Waals surface area contributed by atoms with Gasteiger partial charge in [-0.05, 0) is 43.0 Å². The first-order chi connectivity index (χ1) is 12.4. The van der Waals surface area contributed by atoms with Gasteiger partial charge in [0.25, 0.3) is 11.8 Å². The number of likely N-dealkylation sites (N-methyl/N-ethyl adjacent to an activating group) is 1. The Morgan fingerprint density at radius 3 is 2.38 bits per heavy atom. The zero-order chi connectivity index (χ0) is 19.1. The van der Waals surface area contributed by atoms with Gasteiger partial charge in [-0.15, -0.1) is 11.8 Å². The van der Waals surface area contributed by atoms with E-state index in [1.807, 2.05) is 50.6 Å². The van der Waals surface area contributed by atoms with Crippen LogP contribution in [0.3, 0.4) is 0 Å². The lowest BCUT2D eigenvalue weighted by Gasteiger charge is -2.15. The molecule has 0 aliphatic rings. The zero-order valence-corrected chi connectivity index (χ0v) is 16.6. The normalized spacial score (nSPS) is 11.7. The summed E-state index contributed by atoms with van der Waals surface area (Å²) in [6.07, 6.45) is 1.96. The molecule has 2 rings (SSSR count). The SMILES string of the molecule is CSc1ccccc1NC(=O)C[NH+](C)CC(=O)Nc1ccc(C)c(Cl)c1. The predicted molar refractivity (Wildman–Crippen MR) is 108 cm³/mol. The van der Waals surface area contributed by atoms with Crippen LogP contribution in [0.4, 0.5) is 11.4 Å². The second-order valence-corrected chi connectivity index (χ2v) is 7.33. The zero-order valence-electron chi connectivity index (χ0n) is 15.1. The smallest absolute Gasteiger partial charge is 0.279 e. The lowest BCUT2D eigenvalue weighted by Crippen LogP contribution is -3.11. The Kier molecular flexibility index (Phi) is 7.50. The Morgan fingerprint density at radius 2 is 1.73 bits per heavy atom. The van der Waals surface area contributed by atoms with Crippen molar-refractivity contribution in [1.82, 2.24) is 0 Å². The molecule has 0 aliphatic carbocycles. The van der Waals surface area contributed by atoms with Crippen LogP contribution in [0, 0.1) is 6.92 Å². The van der Waals surface area contributed by atoms with E-state index in [4.69, 9.17) is 11.6 Å². The van der Waals surface area contributed by atoms with Gasteiger partial charge in [0.15, 0.2) is 13.1 Å². The first-order valence-electron chi connectivity index (χ1n) is 8.19. The molecule has 0 bridgehead atoms. The second kappa shape index (κ2) is 9.62. The van der Waals surface area contributed by atoms with Gasteiger partial charge in [0, 0.05) is 15.6 Å². The molecule has 1 unspecified atom stereocenters. The van der Waals surface area contributed by atoms with Gasteiger partial charge in [-0.25, -0.2) is 0 Å². The van der Waals surface area contributed by atoms with Crippen molar-refractivity contribution in [3.8, 4) is 0 Å². The third-order valence-corrected chi connectivity index (χ3v) is 4.96. The fraction of sp³-hybridized carbons (Fsp3) is 0.263. The van der Waals surface area contributed by atoms with Gasteiger partial charge in [0.2, 0.25) is 0 Å². The number of para-hydroxylation sites is 1. The number of anilines is 2. The molecule has 0 fully saturated rings. The number of halogens is 1. The molecule has 26 heavy (non-hydrogen) atoms.